The van der Waals surface area contributed by atoms with E-state index in [4.69, 9.17) is 0 Å². The zero-order valence-corrected chi connectivity index (χ0v) is 40.2. The summed E-state index contributed by atoms with van der Waals surface area (Å²) in [7, 11) is 0. The lowest BCUT2D eigenvalue weighted by Crippen LogP contribution is -1.84. The summed E-state index contributed by atoms with van der Waals surface area (Å²) in [6, 6.07) is 0. The minimum atomic E-state index is 1.21. The topological polar surface area (TPSA) is 0 Å². The van der Waals surface area contributed by atoms with Crippen LogP contribution in [-0.2, 0) is 0 Å². The summed E-state index contributed by atoms with van der Waals surface area (Å²) in [5.41, 5.74) is 0. The largest absolute Gasteiger partial charge is 0.103 e. The first kappa shape index (κ1) is 56.5. The molecule has 0 rings (SSSR count). The SMILES string of the molecule is C=CCCCCCCCCCCCCCCCCCCCCCCCCCCC=CCCCCCCCCCCCCCCCCCCCCCCCCCCC. The van der Waals surface area contributed by atoms with E-state index in [1.807, 2.05) is 0 Å². The fraction of sp³-hybridized carbons (Fsp3) is 0.930. The molecule has 0 unspecified atom stereocenters. The Kier molecular flexibility index (Phi) is 55.0. The lowest BCUT2D eigenvalue weighted by molar-refractivity contribution is 0.516. The molecule has 0 bridgehead atoms. The van der Waals surface area contributed by atoms with Gasteiger partial charge in [-0.15, -0.1) is 6.58 Å². The van der Waals surface area contributed by atoms with E-state index in [-0.39, 0.29) is 0 Å². The number of hydrogen-bond acceptors (Lipinski definition) is 0. The fourth-order valence-corrected chi connectivity index (χ4v) is 9.08. The van der Waals surface area contributed by atoms with Gasteiger partial charge in [0, 0.05) is 0 Å². The molecule has 0 aliphatic carbocycles. The summed E-state index contributed by atoms with van der Waals surface area (Å²) in [6.45, 7) is 6.13. The molecular formula is C57H112. The van der Waals surface area contributed by atoms with Crippen molar-refractivity contribution >= 4 is 0 Å². The molecule has 0 nitrogen and oxygen atoms in total. The molecule has 0 saturated carbocycles. The second-order valence-corrected chi connectivity index (χ2v) is 19.1. The van der Waals surface area contributed by atoms with Crippen molar-refractivity contribution in [2.45, 2.75) is 341 Å². The third-order valence-corrected chi connectivity index (χ3v) is 13.2. The van der Waals surface area contributed by atoms with Gasteiger partial charge in [0.15, 0.2) is 0 Å². The average Bonchev–Trinajstić information content (AvgIpc) is 3.22. The van der Waals surface area contributed by atoms with E-state index in [0.717, 1.165) is 0 Å². The van der Waals surface area contributed by atoms with Gasteiger partial charge in [-0.2, -0.15) is 0 Å². The Morgan fingerprint density at radius 1 is 0.193 bits per heavy atom. The maximum Gasteiger partial charge on any atom is -0.0351 e. The Hall–Kier alpha value is -0.520. The summed E-state index contributed by atoms with van der Waals surface area (Å²) < 4.78 is 0. The molecule has 0 spiro atoms. The van der Waals surface area contributed by atoms with Crippen LogP contribution in [0.1, 0.15) is 341 Å². The predicted molar refractivity (Wildman–Crippen MR) is 265 cm³/mol. The Morgan fingerprint density at radius 2 is 0.333 bits per heavy atom. The molecule has 0 heterocycles. The molecule has 0 radical (unpaired) electrons. The van der Waals surface area contributed by atoms with E-state index < -0.39 is 0 Å². The molecule has 0 aromatic carbocycles. The highest BCUT2D eigenvalue weighted by Crippen LogP contribution is 2.18. The monoisotopic (exact) mass is 797 g/mol. The van der Waals surface area contributed by atoms with Gasteiger partial charge in [-0.25, -0.2) is 0 Å². The van der Waals surface area contributed by atoms with E-state index >= 15 is 0 Å². The average molecular weight is 798 g/mol. The molecular weight excluding hydrogens is 685 g/mol. The molecule has 0 aromatic heterocycles. The van der Waals surface area contributed by atoms with Crippen molar-refractivity contribution in [2.75, 3.05) is 0 Å². The molecule has 340 valence electrons. The predicted octanol–water partition coefficient (Wildman–Crippen LogP) is 22.0. The molecule has 0 aliphatic heterocycles. The van der Waals surface area contributed by atoms with Crippen molar-refractivity contribution in [1.82, 2.24) is 0 Å². The lowest BCUT2D eigenvalue weighted by Gasteiger charge is -2.04. The van der Waals surface area contributed by atoms with Crippen LogP contribution in [0.25, 0.3) is 0 Å². The molecule has 0 atom stereocenters. The van der Waals surface area contributed by atoms with E-state index in [1.165, 1.54) is 334 Å². The molecule has 0 aromatic rings. The Labute approximate surface area is 364 Å². The molecule has 0 fully saturated rings. The smallest absolute Gasteiger partial charge is 0.0351 e. The molecule has 0 amide bonds. The van der Waals surface area contributed by atoms with Crippen LogP contribution in [0.5, 0.6) is 0 Å². The third-order valence-electron chi connectivity index (χ3n) is 13.2. The highest BCUT2D eigenvalue weighted by molar-refractivity contribution is 4.81. The minimum absolute atomic E-state index is 1.21. The highest BCUT2D eigenvalue weighted by atomic mass is 14.0. The van der Waals surface area contributed by atoms with Crippen molar-refractivity contribution in [3.63, 3.8) is 0 Å². The summed E-state index contributed by atoms with van der Waals surface area (Å²) in [5.74, 6) is 0. The summed E-state index contributed by atoms with van der Waals surface area (Å²) >= 11 is 0. The van der Waals surface area contributed by atoms with Crippen LogP contribution in [-0.4, -0.2) is 0 Å². The minimum Gasteiger partial charge on any atom is -0.103 e. The fourth-order valence-electron chi connectivity index (χ4n) is 9.08. The standard InChI is InChI=1S/C57H112/c1-3-5-7-9-11-13-15-17-19-21-23-25-27-29-31-33-35-37-39-41-43-45-47-49-51-53-55-57-56-54-52-50-48-46-44-42-40-38-36-34-32-30-28-26-24-22-20-18-16-14-12-10-8-6-4-2/h3,56-57H,1,4-55H2,2H3. The van der Waals surface area contributed by atoms with Crippen LogP contribution in [0.3, 0.4) is 0 Å². The molecule has 0 saturated heterocycles. The van der Waals surface area contributed by atoms with E-state index in [9.17, 15) is 0 Å². The van der Waals surface area contributed by atoms with Gasteiger partial charge in [-0.05, 0) is 38.5 Å². The van der Waals surface area contributed by atoms with Crippen LogP contribution in [0, 0.1) is 0 Å². The normalized spacial score (nSPS) is 11.7. The zero-order chi connectivity index (χ0) is 40.9. The van der Waals surface area contributed by atoms with Crippen LogP contribution in [0.15, 0.2) is 24.8 Å². The Morgan fingerprint density at radius 3 is 0.491 bits per heavy atom. The second kappa shape index (κ2) is 55.5. The van der Waals surface area contributed by atoms with Gasteiger partial charge in [-0.1, -0.05) is 321 Å². The van der Waals surface area contributed by atoms with Gasteiger partial charge in [0.25, 0.3) is 0 Å². The van der Waals surface area contributed by atoms with Crippen LogP contribution < -0.4 is 0 Å². The van der Waals surface area contributed by atoms with Gasteiger partial charge in [-0.3, -0.25) is 0 Å². The molecule has 0 N–H and O–H groups in total. The van der Waals surface area contributed by atoms with E-state index in [0.29, 0.717) is 0 Å². The summed E-state index contributed by atoms with van der Waals surface area (Å²) in [4.78, 5) is 0. The first-order chi connectivity index (χ1) is 28.4. The van der Waals surface area contributed by atoms with Crippen molar-refractivity contribution in [3.8, 4) is 0 Å². The number of unbranched alkanes of at least 4 members (excludes halogenated alkanes) is 50. The Bertz CT molecular complexity index is 703. The van der Waals surface area contributed by atoms with Crippen molar-refractivity contribution in [1.29, 1.82) is 0 Å². The van der Waals surface area contributed by atoms with Crippen LogP contribution in [0.2, 0.25) is 0 Å². The zero-order valence-electron chi connectivity index (χ0n) is 40.2. The number of allylic oxidation sites excluding steroid dienone is 3. The van der Waals surface area contributed by atoms with Gasteiger partial charge in [0.2, 0.25) is 0 Å². The van der Waals surface area contributed by atoms with Crippen molar-refractivity contribution < 1.29 is 0 Å². The summed E-state index contributed by atoms with van der Waals surface area (Å²) in [5, 5.41) is 0. The van der Waals surface area contributed by atoms with Gasteiger partial charge < -0.3 is 0 Å². The van der Waals surface area contributed by atoms with E-state index in [1.54, 1.807) is 0 Å². The van der Waals surface area contributed by atoms with Crippen LogP contribution in [0.4, 0.5) is 0 Å². The first-order valence-electron chi connectivity index (χ1n) is 27.7. The second-order valence-electron chi connectivity index (χ2n) is 19.1. The van der Waals surface area contributed by atoms with Gasteiger partial charge >= 0.3 is 0 Å². The quantitative estimate of drug-likeness (QED) is 0.0425. The highest BCUT2D eigenvalue weighted by Gasteiger charge is 1.99. The van der Waals surface area contributed by atoms with Crippen molar-refractivity contribution in [3.05, 3.63) is 24.8 Å². The maximum atomic E-state index is 3.82. The van der Waals surface area contributed by atoms with E-state index in [2.05, 4.69) is 31.7 Å². The molecule has 0 aliphatic rings. The third kappa shape index (κ3) is 55.5. The Balaban J connectivity index is 3.10. The molecule has 57 heavy (non-hydrogen) atoms. The van der Waals surface area contributed by atoms with Crippen LogP contribution >= 0.6 is 0 Å². The maximum absolute atomic E-state index is 3.82. The summed E-state index contributed by atoms with van der Waals surface area (Å²) in [6.07, 6.45) is 82.9. The lowest BCUT2D eigenvalue weighted by atomic mass is 10.0. The van der Waals surface area contributed by atoms with Crippen molar-refractivity contribution in [2.24, 2.45) is 0 Å². The molecule has 0 heteroatoms. The van der Waals surface area contributed by atoms with Gasteiger partial charge in [0.1, 0.15) is 0 Å². The number of hydrogen-bond donors (Lipinski definition) is 0. The number of rotatable bonds is 53. The first-order valence-corrected chi connectivity index (χ1v) is 27.7. The van der Waals surface area contributed by atoms with Gasteiger partial charge in [0.05, 0.1) is 0 Å².